The molecule has 22 heavy (non-hydrogen) atoms. The topological polar surface area (TPSA) is 58.6 Å². The Kier molecular flexibility index (Phi) is 5.81. The first-order chi connectivity index (χ1) is 10.6. The Morgan fingerprint density at radius 2 is 1.73 bits per heavy atom. The second kappa shape index (κ2) is 7.82. The van der Waals surface area contributed by atoms with Crippen LogP contribution in [-0.2, 0) is 4.79 Å². The normalized spacial score (nSPS) is 16.2. The molecule has 5 heteroatoms. The van der Waals surface area contributed by atoms with E-state index >= 15 is 0 Å². The maximum absolute atomic E-state index is 12.6. The van der Waals surface area contributed by atoms with E-state index < -0.39 is 12.1 Å². The number of piperidine rings is 1. The molecule has 1 aliphatic heterocycles. The summed E-state index contributed by atoms with van der Waals surface area (Å²) in [6.45, 7) is 5.40. The van der Waals surface area contributed by atoms with Crippen LogP contribution in [0.15, 0.2) is 30.3 Å². The summed E-state index contributed by atoms with van der Waals surface area (Å²) in [7, 11) is 0. The molecule has 0 bridgehead atoms. The lowest BCUT2D eigenvalue weighted by atomic mass is 10.0. The Balaban J connectivity index is 1.95. The predicted octanol–water partition coefficient (Wildman–Crippen LogP) is 2.81. The highest BCUT2D eigenvalue weighted by molar-refractivity contribution is 5.86. The Hall–Kier alpha value is -2.04. The molecule has 0 aliphatic carbocycles. The summed E-state index contributed by atoms with van der Waals surface area (Å²) in [4.78, 5) is 26.4. The average molecular weight is 304 g/mol. The molecule has 1 aromatic rings. The number of likely N-dealkylation sites (tertiary alicyclic amines) is 1. The molecule has 1 aliphatic rings. The van der Waals surface area contributed by atoms with Gasteiger partial charge in [0.2, 0.25) is 5.91 Å². The number of para-hydroxylation sites is 1. The fourth-order valence-corrected chi connectivity index (χ4v) is 2.58. The molecule has 5 nitrogen and oxygen atoms in total. The highest BCUT2D eigenvalue weighted by Crippen LogP contribution is 2.14. The van der Waals surface area contributed by atoms with Crippen LogP contribution >= 0.6 is 0 Å². The van der Waals surface area contributed by atoms with Crippen LogP contribution in [0.2, 0.25) is 0 Å². The minimum atomic E-state index is -0.588. The number of hydrogen-bond donors (Lipinski definition) is 1. The molecule has 1 atom stereocenters. The van der Waals surface area contributed by atoms with Crippen LogP contribution < -0.4 is 10.1 Å². The van der Waals surface area contributed by atoms with Gasteiger partial charge in [0.1, 0.15) is 11.8 Å². The number of nitrogens with zero attached hydrogens (tertiary/aromatic N) is 1. The molecule has 0 aromatic heterocycles. The standard InChI is InChI=1S/C17H24N2O3/c1-13(2)15(16(20)19-11-7-4-8-12-19)18-17(21)22-14-9-5-3-6-10-14/h3,5-6,9-10,13,15H,4,7-8,11-12H2,1-2H3,(H,18,21)/t15-/m1/s1. The molecule has 0 unspecified atom stereocenters. The molecule has 1 heterocycles. The largest absolute Gasteiger partial charge is 0.413 e. The van der Waals surface area contributed by atoms with Gasteiger partial charge in [-0.05, 0) is 37.3 Å². The van der Waals surface area contributed by atoms with Crippen molar-refractivity contribution in [2.24, 2.45) is 5.92 Å². The van der Waals surface area contributed by atoms with Crippen LogP contribution in [0, 0.1) is 5.92 Å². The Labute approximate surface area is 131 Å². The van der Waals surface area contributed by atoms with E-state index in [-0.39, 0.29) is 11.8 Å². The number of hydrogen-bond acceptors (Lipinski definition) is 3. The van der Waals surface area contributed by atoms with E-state index in [1.807, 2.05) is 24.8 Å². The van der Waals surface area contributed by atoms with Crippen molar-refractivity contribution < 1.29 is 14.3 Å². The van der Waals surface area contributed by atoms with Gasteiger partial charge in [0.05, 0.1) is 0 Å². The third-order valence-corrected chi connectivity index (χ3v) is 3.83. The van der Waals surface area contributed by atoms with Crippen LogP contribution in [0.4, 0.5) is 4.79 Å². The van der Waals surface area contributed by atoms with Crippen LogP contribution in [0.1, 0.15) is 33.1 Å². The maximum Gasteiger partial charge on any atom is 0.413 e. The van der Waals surface area contributed by atoms with Crippen molar-refractivity contribution in [3.63, 3.8) is 0 Å². The van der Waals surface area contributed by atoms with Gasteiger partial charge < -0.3 is 15.0 Å². The van der Waals surface area contributed by atoms with E-state index in [1.165, 1.54) is 6.42 Å². The van der Waals surface area contributed by atoms with Crippen molar-refractivity contribution >= 4 is 12.0 Å². The minimum absolute atomic E-state index is 0.0118. The smallest absolute Gasteiger partial charge is 0.410 e. The van der Waals surface area contributed by atoms with Gasteiger partial charge in [-0.25, -0.2) is 4.79 Å². The quantitative estimate of drug-likeness (QED) is 0.930. The minimum Gasteiger partial charge on any atom is -0.410 e. The number of carbonyl (C=O) groups excluding carboxylic acids is 2. The summed E-state index contributed by atoms with van der Waals surface area (Å²) in [6, 6.07) is 8.30. The molecule has 1 N–H and O–H groups in total. The van der Waals surface area contributed by atoms with Gasteiger partial charge in [-0.2, -0.15) is 0 Å². The van der Waals surface area contributed by atoms with Gasteiger partial charge in [0, 0.05) is 13.1 Å². The molecular weight excluding hydrogens is 280 g/mol. The molecule has 0 saturated carbocycles. The van der Waals surface area contributed by atoms with Crippen LogP contribution in [0.25, 0.3) is 0 Å². The van der Waals surface area contributed by atoms with Crippen LogP contribution in [0.3, 0.4) is 0 Å². The van der Waals surface area contributed by atoms with Gasteiger partial charge in [0.15, 0.2) is 0 Å². The number of benzene rings is 1. The summed E-state index contributed by atoms with van der Waals surface area (Å²) in [5.74, 6) is 0.463. The molecule has 1 fully saturated rings. The Morgan fingerprint density at radius 1 is 1.09 bits per heavy atom. The Bertz CT molecular complexity index is 496. The van der Waals surface area contributed by atoms with E-state index in [0.29, 0.717) is 5.75 Å². The summed E-state index contributed by atoms with van der Waals surface area (Å²) in [5, 5.41) is 2.71. The second-order valence-electron chi connectivity index (χ2n) is 5.95. The van der Waals surface area contributed by atoms with Crippen LogP contribution in [-0.4, -0.2) is 36.0 Å². The summed E-state index contributed by atoms with van der Waals surface area (Å²) >= 11 is 0. The lowest BCUT2D eigenvalue weighted by molar-refractivity contribution is -0.135. The van der Waals surface area contributed by atoms with Crippen LogP contribution in [0.5, 0.6) is 5.75 Å². The summed E-state index contributed by atoms with van der Waals surface area (Å²) in [6.07, 6.45) is 2.64. The molecule has 120 valence electrons. The van der Waals surface area contributed by atoms with Crippen molar-refractivity contribution in [2.75, 3.05) is 13.1 Å². The van der Waals surface area contributed by atoms with E-state index in [4.69, 9.17) is 4.74 Å². The fourth-order valence-electron chi connectivity index (χ4n) is 2.58. The first-order valence-electron chi connectivity index (χ1n) is 7.90. The zero-order chi connectivity index (χ0) is 15.9. The second-order valence-corrected chi connectivity index (χ2v) is 5.95. The number of amides is 2. The fraction of sp³-hybridized carbons (Fsp3) is 0.529. The van der Waals surface area contributed by atoms with Gasteiger partial charge in [-0.3, -0.25) is 4.79 Å². The van der Waals surface area contributed by atoms with Crippen molar-refractivity contribution in [3.05, 3.63) is 30.3 Å². The third-order valence-electron chi connectivity index (χ3n) is 3.83. The predicted molar refractivity (Wildman–Crippen MR) is 84.7 cm³/mol. The molecule has 2 amide bonds. The highest BCUT2D eigenvalue weighted by Gasteiger charge is 2.29. The lowest BCUT2D eigenvalue weighted by Crippen LogP contribution is -2.52. The number of rotatable bonds is 4. The number of carbonyl (C=O) groups is 2. The molecule has 0 radical (unpaired) electrons. The van der Waals surface area contributed by atoms with Crippen molar-refractivity contribution in [3.8, 4) is 5.75 Å². The first-order valence-corrected chi connectivity index (χ1v) is 7.90. The number of ether oxygens (including phenoxy) is 1. The van der Waals surface area contributed by atoms with E-state index in [9.17, 15) is 9.59 Å². The molecule has 2 rings (SSSR count). The third kappa shape index (κ3) is 4.48. The molecule has 0 spiro atoms. The molecule has 1 aromatic carbocycles. The van der Waals surface area contributed by atoms with E-state index in [1.54, 1.807) is 24.3 Å². The zero-order valence-corrected chi connectivity index (χ0v) is 13.2. The molecular formula is C17H24N2O3. The van der Waals surface area contributed by atoms with Gasteiger partial charge in [-0.1, -0.05) is 32.0 Å². The first kappa shape index (κ1) is 16.3. The van der Waals surface area contributed by atoms with E-state index in [2.05, 4.69) is 5.32 Å². The Morgan fingerprint density at radius 3 is 2.32 bits per heavy atom. The highest BCUT2D eigenvalue weighted by atomic mass is 16.6. The van der Waals surface area contributed by atoms with Gasteiger partial charge >= 0.3 is 6.09 Å². The van der Waals surface area contributed by atoms with Gasteiger partial charge in [0.25, 0.3) is 0 Å². The average Bonchev–Trinajstić information content (AvgIpc) is 2.53. The summed E-state index contributed by atoms with van der Waals surface area (Å²) in [5.41, 5.74) is 0. The summed E-state index contributed by atoms with van der Waals surface area (Å²) < 4.78 is 5.21. The lowest BCUT2D eigenvalue weighted by Gasteiger charge is -2.32. The monoisotopic (exact) mass is 304 g/mol. The van der Waals surface area contributed by atoms with E-state index in [0.717, 1.165) is 25.9 Å². The zero-order valence-electron chi connectivity index (χ0n) is 13.2. The SMILES string of the molecule is CC(C)[C@@H](NC(=O)Oc1ccccc1)C(=O)N1CCCCC1. The van der Waals surface area contributed by atoms with Crippen molar-refractivity contribution in [1.82, 2.24) is 10.2 Å². The molecule has 1 saturated heterocycles. The van der Waals surface area contributed by atoms with Gasteiger partial charge in [-0.15, -0.1) is 0 Å². The van der Waals surface area contributed by atoms with Crippen molar-refractivity contribution in [1.29, 1.82) is 0 Å². The number of nitrogens with one attached hydrogen (secondary N) is 1. The van der Waals surface area contributed by atoms with Crippen molar-refractivity contribution in [2.45, 2.75) is 39.2 Å². The maximum atomic E-state index is 12.6.